The first-order valence-electron chi connectivity index (χ1n) is 14.0. The number of ether oxygens (including phenoxy) is 3. The number of hydrogen-bond donors (Lipinski definition) is 2. The lowest BCUT2D eigenvalue weighted by atomic mass is 9.52. The van der Waals surface area contributed by atoms with E-state index in [1.54, 1.807) is 20.8 Å². The van der Waals surface area contributed by atoms with E-state index >= 15 is 0 Å². The van der Waals surface area contributed by atoms with Gasteiger partial charge in [0.15, 0.2) is 11.5 Å². The van der Waals surface area contributed by atoms with Crippen molar-refractivity contribution in [2.45, 2.75) is 123 Å². The highest BCUT2D eigenvalue weighted by molar-refractivity contribution is 6.22. The van der Waals surface area contributed by atoms with E-state index in [0.717, 1.165) is 6.42 Å². The Morgan fingerprint density at radius 2 is 1.87 bits per heavy atom. The van der Waals surface area contributed by atoms with Crippen LogP contribution in [-0.4, -0.2) is 63.4 Å². The molecule has 2 N–H and O–H groups in total. The van der Waals surface area contributed by atoms with Gasteiger partial charge in [0.05, 0.1) is 29.5 Å². The van der Waals surface area contributed by atoms with Gasteiger partial charge in [-0.15, -0.1) is 0 Å². The molecular formula is C30H44O8. The molecule has 0 aromatic carbocycles. The molecule has 0 spiro atoms. The molecule has 4 aliphatic rings. The summed E-state index contributed by atoms with van der Waals surface area (Å²) in [6.45, 7) is 14.5. The summed E-state index contributed by atoms with van der Waals surface area (Å²) in [4.78, 5) is 39.1. The molecule has 0 bridgehead atoms. The Balaban J connectivity index is 1.67. The van der Waals surface area contributed by atoms with Crippen molar-refractivity contribution >= 4 is 17.5 Å². The molecule has 4 rings (SSSR count). The number of carbonyl (C=O) groups is 3. The predicted octanol–water partition coefficient (Wildman–Crippen LogP) is 3.82. The summed E-state index contributed by atoms with van der Waals surface area (Å²) in [5.41, 5.74) is -2.12. The molecule has 2 heterocycles. The minimum absolute atomic E-state index is 0.00693. The number of ketones is 2. The second kappa shape index (κ2) is 9.86. The zero-order chi connectivity index (χ0) is 28.4. The van der Waals surface area contributed by atoms with Crippen LogP contribution in [-0.2, 0) is 28.6 Å². The maximum absolute atomic E-state index is 13.8. The molecule has 0 radical (unpaired) electrons. The van der Waals surface area contributed by atoms with Crippen molar-refractivity contribution in [3.63, 3.8) is 0 Å². The minimum Gasteiger partial charge on any atom is -0.482 e. The molecule has 0 amide bonds. The van der Waals surface area contributed by atoms with Crippen LogP contribution in [0.25, 0.3) is 0 Å². The fraction of sp³-hybridized carbons (Fsp3) is 0.767. The highest BCUT2D eigenvalue weighted by Crippen LogP contribution is 2.59. The van der Waals surface area contributed by atoms with Gasteiger partial charge in [0.25, 0.3) is 0 Å². The molecule has 0 aromatic heterocycles. The standard InChI is InChI=1S/C30H44O8/c1-9-15(2)25(36-17(4)31)16(3)18-14-19(32)22-24(34)27-29(7)12-10-20(28(5,6)35)37-21(29)11-13-30(27,8)38-26(22)23(18)33/h14-16,20-21,24-25,27,34-35H,9-13H2,1-8H3/t15-,16-,20+,21+,24+,25+,27?,29-,30-/m0/s1. The van der Waals surface area contributed by atoms with Gasteiger partial charge in [0.2, 0.25) is 5.78 Å². The van der Waals surface area contributed by atoms with Crippen molar-refractivity contribution in [1.82, 2.24) is 0 Å². The Labute approximate surface area is 225 Å². The molecule has 2 fully saturated rings. The van der Waals surface area contributed by atoms with E-state index < -0.39 is 58.2 Å². The summed E-state index contributed by atoms with van der Waals surface area (Å²) >= 11 is 0. The third kappa shape index (κ3) is 4.66. The van der Waals surface area contributed by atoms with E-state index in [2.05, 4.69) is 6.92 Å². The van der Waals surface area contributed by atoms with Crippen LogP contribution in [0.4, 0.5) is 0 Å². The minimum atomic E-state index is -1.19. The Hall–Kier alpha value is -2.03. The van der Waals surface area contributed by atoms with Crippen LogP contribution in [0.3, 0.4) is 0 Å². The van der Waals surface area contributed by atoms with Crippen molar-refractivity contribution in [2.24, 2.45) is 23.2 Å². The average Bonchev–Trinajstić information content (AvgIpc) is 2.81. The highest BCUT2D eigenvalue weighted by atomic mass is 16.5. The summed E-state index contributed by atoms with van der Waals surface area (Å²) in [7, 11) is 0. The van der Waals surface area contributed by atoms with E-state index in [1.165, 1.54) is 13.0 Å². The number of hydrogen-bond acceptors (Lipinski definition) is 8. The molecule has 1 saturated carbocycles. The number of allylic oxidation sites excluding steroid dienone is 2. The lowest BCUT2D eigenvalue weighted by Gasteiger charge is -2.61. The fourth-order valence-corrected chi connectivity index (χ4v) is 7.46. The first kappa shape index (κ1) is 29.0. The molecule has 1 saturated heterocycles. The quantitative estimate of drug-likeness (QED) is 0.391. The van der Waals surface area contributed by atoms with E-state index in [4.69, 9.17) is 14.2 Å². The first-order chi connectivity index (χ1) is 17.5. The Kier molecular flexibility index (Phi) is 7.52. The topological polar surface area (TPSA) is 119 Å². The van der Waals surface area contributed by atoms with Crippen LogP contribution >= 0.6 is 0 Å². The van der Waals surface area contributed by atoms with Crippen molar-refractivity contribution in [3.05, 3.63) is 23.0 Å². The van der Waals surface area contributed by atoms with Crippen molar-refractivity contribution < 1.29 is 38.8 Å². The molecular weight excluding hydrogens is 488 g/mol. The Morgan fingerprint density at radius 1 is 1.21 bits per heavy atom. The summed E-state index contributed by atoms with van der Waals surface area (Å²) in [6.07, 6.45) is 2.21. The molecule has 212 valence electrons. The maximum Gasteiger partial charge on any atom is 0.302 e. The summed E-state index contributed by atoms with van der Waals surface area (Å²) in [5.74, 6) is -2.41. The van der Waals surface area contributed by atoms with Crippen LogP contribution in [0.5, 0.6) is 0 Å². The highest BCUT2D eigenvalue weighted by Gasteiger charge is 2.64. The van der Waals surface area contributed by atoms with E-state index in [0.29, 0.717) is 25.7 Å². The lowest BCUT2D eigenvalue weighted by Crippen LogP contribution is -2.66. The van der Waals surface area contributed by atoms with Crippen LogP contribution < -0.4 is 0 Å². The number of fused-ring (bicyclic) bond motifs is 3. The van der Waals surface area contributed by atoms with Crippen molar-refractivity contribution in [1.29, 1.82) is 0 Å². The van der Waals surface area contributed by atoms with Gasteiger partial charge in [0, 0.05) is 29.7 Å². The molecule has 38 heavy (non-hydrogen) atoms. The number of esters is 1. The first-order valence-corrected chi connectivity index (χ1v) is 14.0. The third-order valence-electron chi connectivity index (χ3n) is 9.77. The molecule has 1 unspecified atom stereocenters. The zero-order valence-corrected chi connectivity index (χ0v) is 24.0. The predicted molar refractivity (Wildman–Crippen MR) is 140 cm³/mol. The number of aliphatic hydroxyl groups excluding tert-OH is 1. The van der Waals surface area contributed by atoms with Crippen LogP contribution in [0.1, 0.15) is 87.5 Å². The third-order valence-corrected chi connectivity index (χ3v) is 9.77. The maximum atomic E-state index is 13.8. The summed E-state index contributed by atoms with van der Waals surface area (Å²) in [5, 5.41) is 22.3. The number of carbonyl (C=O) groups excluding carboxylic acids is 3. The Morgan fingerprint density at radius 3 is 2.45 bits per heavy atom. The second-order valence-electron chi connectivity index (χ2n) is 13.0. The second-order valence-corrected chi connectivity index (χ2v) is 13.0. The Bertz CT molecular complexity index is 1070. The van der Waals surface area contributed by atoms with Crippen LogP contribution in [0.2, 0.25) is 0 Å². The van der Waals surface area contributed by atoms with Gasteiger partial charge in [-0.3, -0.25) is 14.4 Å². The van der Waals surface area contributed by atoms with Gasteiger partial charge in [0.1, 0.15) is 11.7 Å². The monoisotopic (exact) mass is 532 g/mol. The van der Waals surface area contributed by atoms with E-state index in [-0.39, 0.29) is 35.0 Å². The lowest BCUT2D eigenvalue weighted by molar-refractivity contribution is -0.260. The molecule has 2 aliphatic carbocycles. The largest absolute Gasteiger partial charge is 0.482 e. The number of Topliss-reactive ketones (excluding diaryl/α,β-unsaturated/α-hetero) is 1. The zero-order valence-electron chi connectivity index (χ0n) is 24.0. The van der Waals surface area contributed by atoms with Crippen LogP contribution in [0, 0.1) is 23.2 Å². The fourth-order valence-electron chi connectivity index (χ4n) is 7.46. The van der Waals surface area contributed by atoms with E-state index in [9.17, 15) is 24.6 Å². The van der Waals surface area contributed by atoms with Crippen molar-refractivity contribution in [3.8, 4) is 0 Å². The van der Waals surface area contributed by atoms with Crippen molar-refractivity contribution in [2.75, 3.05) is 0 Å². The number of aliphatic hydroxyl groups is 2. The molecule has 9 atom stereocenters. The average molecular weight is 533 g/mol. The smallest absolute Gasteiger partial charge is 0.302 e. The molecule has 8 heteroatoms. The summed E-state index contributed by atoms with van der Waals surface area (Å²) < 4.78 is 18.4. The molecule has 0 aromatic rings. The van der Waals surface area contributed by atoms with Crippen LogP contribution in [0.15, 0.2) is 23.0 Å². The van der Waals surface area contributed by atoms with Gasteiger partial charge in [-0.25, -0.2) is 0 Å². The molecule has 8 nitrogen and oxygen atoms in total. The normalized spacial score (nSPS) is 37.7. The van der Waals surface area contributed by atoms with Gasteiger partial charge in [-0.2, -0.15) is 0 Å². The van der Waals surface area contributed by atoms with Gasteiger partial charge in [-0.1, -0.05) is 34.1 Å². The number of rotatable bonds is 6. The van der Waals surface area contributed by atoms with Gasteiger partial charge < -0.3 is 24.4 Å². The summed E-state index contributed by atoms with van der Waals surface area (Å²) in [6, 6.07) is 0. The van der Waals surface area contributed by atoms with Gasteiger partial charge >= 0.3 is 5.97 Å². The molecule has 2 aliphatic heterocycles. The van der Waals surface area contributed by atoms with Gasteiger partial charge in [-0.05, 0) is 58.4 Å². The van der Waals surface area contributed by atoms with E-state index in [1.807, 2.05) is 20.8 Å². The SMILES string of the molecule is CC[C@H](C)[C@@H](OC(C)=O)[C@@H](C)C1=CC(=O)C2=C(O[C@@]3(C)CC[C@H]4O[C@@H](C(C)(C)O)CC[C@]4(C)C3[C@@H]2O)C1=O.